The Kier molecular flexibility index (Phi) is 3.86. The molecule has 0 unspecified atom stereocenters. The molecule has 0 saturated heterocycles. The molecule has 0 fully saturated rings. The number of benzene rings is 1. The monoisotopic (exact) mass is 208 g/mol. The standard InChI is InChI=1S/C12H16O3/c1-12(2,14)7-10-3-5-11(6-4-10)8-15-9-13/h3-6,9,14H,7-8H2,1-2H3. The molecule has 0 heterocycles. The fraction of sp³-hybridized carbons (Fsp3) is 0.417. The average Bonchev–Trinajstić information content (AvgIpc) is 2.14. The SMILES string of the molecule is CC(C)(O)Cc1ccc(COC=O)cc1. The van der Waals surface area contributed by atoms with Gasteiger partial charge in [-0.15, -0.1) is 0 Å². The number of hydrogen-bond donors (Lipinski definition) is 1. The van der Waals surface area contributed by atoms with E-state index in [2.05, 4.69) is 4.74 Å². The van der Waals surface area contributed by atoms with Crippen LogP contribution in [0.3, 0.4) is 0 Å². The van der Waals surface area contributed by atoms with Crippen LogP contribution in [0.25, 0.3) is 0 Å². The molecule has 0 aromatic heterocycles. The van der Waals surface area contributed by atoms with Gasteiger partial charge in [0.2, 0.25) is 0 Å². The molecule has 1 aromatic carbocycles. The summed E-state index contributed by atoms with van der Waals surface area (Å²) in [7, 11) is 0. The fourth-order valence-electron chi connectivity index (χ4n) is 1.38. The lowest BCUT2D eigenvalue weighted by molar-refractivity contribution is -0.129. The Morgan fingerprint density at radius 3 is 2.27 bits per heavy atom. The third-order valence-corrected chi connectivity index (χ3v) is 1.98. The summed E-state index contributed by atoms with van der Waals surface area (Å²) >= 11 is 0. The Balaban J connectivity index is 2.60. The zero-order valence-electron chi connectivity index (χ0n) is 9.06. The van der Waals surface area contributed by atoms with Crippen molar-refractivity contribution in [1.29, 1.82) is 0 Å². The number of ether oxygens (including phenoxy) is 1. The smallest absolute Gasteiger partial charge is 0.293 e. The van der Waals surface area contributed by atoms with Crippen LogP contribution < -0.4 is 0 Å². The molecule has 0 aliphatic heterocycles. The van der Waals surface area contributed by atoms with E-state index in [9.17, 15) is 9.90 Å². The van der Waals surface area contributed by atoms with E-state index in [1.165, 1.54) is 0 Å². The summed E-state index contributed by atoms with van der Waals surface area (Å²) in [6.45, 7) is 4.28. The molecule has 0 bridgehead atoms. The van der Waals surface area contributed by atoms with Crippen LogP contribution in [0.4, 0.5) is 0 Å². The lowest BCUT2D eigenvalue weighted by atomic mass is 9.98. The lowest BCUT2D eigenvalue weighted by Crippen LogP contribution is -2.21. The van der Waals surface area contributed by atoms with Crippen LogP contribution in [0, 0.1) is 0 Å². The quantitative estimate of drug-likeness (QED) is 0.749. The van der Waals surface area contributed by atoms with Crippen molar-refractivity contribution in [1.82, 2.24) is 0 Å². The van der Waals surface area contributed by atoms with Crippen molar-refractivity contribution in [3.8, 4) is 0 Å². The third kappa shape index (κ3) is 4.61. The topological polar surface area (TPSA) is 46.5 Å². The summed E-state index contributed by atoms with van der Waals surface area (Å²) in [5.74, 6) is 0. The highest BCUT2D eigenvalue weighted by Crippen LogP contribution is 2.13. The van der Waals surface area contributed by atoms with Crippen molar-refractivity contribution in [2.45, 2.75) is 32.5 Å². The van der Waals surface area contributed by atoms with Crippen LogP contribution >= 0.6 is 0 Å². The number of carbonyl (C=O) groups is 1. The van der Waals surface area contributed by atoms with E-state index < -0.39 is 5.60 Å². The van der Waals surface area contributed by atoms with Gasteiger partial charge in [0, 0.05) is 6.42 Å². The summed E-state index contributed by atoms with van der Waals surface area (Å²) in [6.07, 6.45) is 0.613. The number of hydrogen-bond acceptors (Lipinski definition) is 3. The van der Waals surface area contributed by atoms with Crippen molar-refractivity contribution in [3.63, 3.8) is 0 Å². The van der Waals surface area contributed by atoms with Crippen LogP contribution in [0.5, 0.6) is 0 Å². The van der Waals surface area contributed by atoms with Crippen molar-refractivity contribution in [3.05, 3.63) is 35.4 Å². The maximum Gasteiger partial charge on any atom is 0.293 e. The van der Waals surface area contributed by atoms with Gasteiger partial charge >= 0.3 is 0 Å². The number of aliphatic hydroxyl groups is 1. The summed E-state index contributed by atoms with van der Waals surface area (Å²) in [5, 5.41) is 9.61. The van der Waals surface area contributed by atoms with Crippen molar-refractivity contribution >= 4 is 6.47 Å². The van der Waals surface area contributed by atoms with E-state index in [0.29, 0.717) is 19.5 Å². The number of rotatable bonds is 5. The van der Waals surface area contributed by atoms with Gasteiger partial charge < -0.3 is 9.84 Å². The molecule has 0 amide bonds. The normalized spacial score (nSPS) is 11.1. The van der Waals surface area contributed by atoms with Crippen LogP contribution in [-0.4, -0.2) is 17.2 Å². The van der Waals surface area contributed by atoms with Crippen molar-refractivity contribution < 1.29 is 14.6 Å². The predicted octanol–water partition coefficient (Wildman–Crippen LogP) is 1.67. The van der Waals surface area contributed by atoms with Gasteiger partial charge in [-0.2, -0.15) is 0 Å². The van der Waals surface area contributed by atoms with E-state index in [-0.39, 0.29) is 0 Å². The molecule has 0 aliphatic carbocycles. The molecule has 0 aliphatic rings. The number of carbonyl (C=O) groups excluding carboxylic acids is 1. The maximum absolute atomic E-state index is 9.98. The molecular formula is C12H16O3. The molecule has 1 aromatic rings. The Hall–Kier alpha value is -1.35. The molecule has 0 radical (unpaired) electrons. The molecular weight excluding hydrogens is 192 g/mol. The van der Waals surface area contributed by atoms with Crippen molar-refractivity contribution in [2.24, 2.45) is 0 Å². The minimum absolute atomic E-state index is 0.298. The molecule has 1 rings (SSSR count). The van der Waals surface area contributed by atoms with Gasteiger partial charge in [-0.05, 0) is 25.0 Å². The minimum atomic E-state index is -0.694. The molecule has 0 saturated carbocycles. The van der Waals surface area contributed by atoms with Gasteiger partial charge in [-0.1, -0.05) is 24.3 Å². The molecule has 0 spiro atoms. The first-order chi connectivity index (χ1) is 7.01. The molecule has 15 heavy (non-hydrogen) atoms. The second-order valence-corrected chi connectivity index (χ2v) is 4.21. The Morgan fingerprint density at radius 2 is 1.80 bits per heavy atom. The highest BCUT2D eigenvalue weighted by atomic mass is 16.5. The zero-order valence-corrected chi connectivity index (χ0v) is 9.06. The Bertz CT molecular complexity index is 309. The average molecular weight is 208 g/mol. The van der Waals surface area contributed by atoms with Gasteiger partial charge in [0.05, 0.1) is 5.60 Å². The van der Waals surface area contributed by atoms with Crippen molar-refractivity contribution in [2.75, 3.05) is 0 Å². The van der Waals surface area contributed by atoms with Crippen LogP contribution in [-0.2, 0) is 22.6 Å². The van der Waals surface area contributed by atoms with E-state index in [1.54, 1.807) is 13.8 Å². The molecule has 82 valence electrons. The molecule has 3 heteroatoms. The largest absolute Gasteiger partial charge is 0.463 e. The van der Waals surface area contributed by atoms with Crippen LogP contribution in [0.1, 0.15) is 25.0 Å². The summed E-state index contributed by atoms with van der Waals surface area (Å²) in [5.41, 5.74) is 1.32. The van der Waals surface area contributed by atoms with Gasteiger partial charge in [0.1, 0.15) is 6.61 Å². The lowest BCUT2D eigenvalue weighted by Gasteiger charge is -2.16. The van der Waals surface area contributed by atoms with E-state index in [4.69, 9.17) is 0 Å². The Labute approximate surface area is 89.7 Å². The van der Waals surface area contributed by atoms with Crippen LogP contribution in [0.15, 0.2) is 24.3 Å². The third-order valence-electron chi connectivity index (χ3n) is 1.98. The summed E-state index contributed by atoms with van der Waals surface area (Å²) in [6, 6.07) is 7.65. The Morgan fingerprint density at radius 1 is 1.27 bits per heavy atom. The first-order valence-electron chi connectivity index (χ1n) is 4.87. The van der Waals surface area contributed by atoms with Gasteiger partial charge in [-0.25, -0.2) is 0 Å². The van der Waals surface area contributed by atoms with E-state index in [0.717, 1.165) is 11.1 Å². The summed E-state index contributed by atoms with van der Waals surface area (Å²) in [4.78, 5) is 9.98. The van der Waals surface area contributed by atoms with Gasteiger partial charge in [0.15, 0.2) is 0 Å². The fourth-order valence-corrected chi connectivity index (χ4v) is 1.38. The first-order valence-corrected chi connectivity index (χ1v) is 4.87. The minimum Gasteiger partial charge on any atom is -0.463 e. The molecule has 1 N–H and O–H groups in total. The highest BCUT2D eigenvalue weighted by Gasteiger charge is 2.12. The highest BCUT2D eigenvalue weighted by molar-refractivity contribution is 5.37. The predicted molar refractivity (Wildman–Crippen MR) is 57.3 cm³/mol. The summed E-state index contributed by atoms with van der Waals surface area (Å²) < 4.78 is 4.63. The van der Waals surface area contributed by atoms with E-state index in [1.807, 2.05) is 24.3 Å². The molecule has 0 atom stereocenters. The van der Waals surface area contributed by atoms with Gasteiger partial charge in [-0.3, -0.25) is 4.79 Å². The first kappa shape index (κ1) is 11.7. The second-order valence-electron chi connectivity index (χ2n) is 4.21. The van der Waals surface area contributed by atoms with Crippen LogP contribution in [0.2, 0.25) is 0 Å². The maximum atomic E-state index is 9.98. The second kappa shape index (κ2) is 4.94. The zero-order chi connectivity index (χ0) is 11.3. The van der Waals surface area contributed by atoms with E-state index >= 15 is 0 Å². The molecule has 3 nitrogen and oxygen atoms in total. The van der Waals surface area contributed by atoms with Gasteiger partial charge in [0.25, 0.3) is 6.47 Å².